The SMILES string of the molecule is CC[C@H](Nc1nc(N)nc(NCCc2ccc(Cl)cc2)n1)c1ccccc1. The maximum Gasteiger partial charge on any atom is 0.229 e. The summed E-state index contributed by atoms with van der Waals surface area (Å²) in [5, 5.41) is 7.28. The first-order valence-electron chi connectivity index (χ1n) is 8.95. The number of nitrogen functional groups attached to an aromatic ring is 1. The van der Waals surface area contributed by atoms with Crippen LogP contribution in [0.1, 0.15) is 30.5 Å². The van der Waals surface area contributed by atoms with Crippen LogP contribution in [-0.2, 0) is 6.42 Å². The Morgan fingerprint density at radius 1 is 0.963 bits per heavy atom. The molecule has 0 spiro atoms. The van der Waals surface area contributed by atoms with Crippen molar-refractivity contribution in [3.05, 3.63) is 70.7 Å². The Bertz CT molecular complexity index is 854. The van der Waals surface area contributed by atoms with Crippen LogP contribution in [-0.4, -0.2) is 21.5 Å². The first-order chi connectivity index (χ1) is 13.1. The van der Waals surface area contributed by atoms with Gasteiger partial charge in [-0.2, -0.15) is 15.0 Å². The summed E-state index contributed by atoms with van der Waals surface area (Å²) in [5.41, 5.74) is 8.22. The van der Waals surface area contributed by atoms with Gasteiger partial charge in [-0.1, -0.05) is 61.0 Å². The van der Waals surface area contributed by atoms with E-state index in [0.29, 0.717) is 18.4 Å². The molecule has 0 saturated carbocycles. The van der Waals surface area contributed by atoms with Crippen LogP contribution in [0.2, 0.25) is 5.02 Å². The van der Waals surface area contributed by atoms with E-state index in [9.17, 15) is 0 Å². The maximum atomic E-state index is 5.91. The van der Waals surface area contributed by atoms with Crippen molar-refractivity contribution < 1.29 is 0 Å². The molecule has 0 aliphatic rings. The van der Waals surface area contributed by atoms with Crippen LogP contribution in [0.15, 0.2) is 54.6 Å². The third-order valence-electron chi connectivity index (χ3n) is 4.18. The number of nitrogens with one attached hydrogen (secondary N) is 2. The molecule has 7 heteroatoms. The smallest absolute Gasteiger partial charge is 0.229 e. The van der Waals surface area contributed by atoms with Crippen LogP contribution < -0.4 is 16.4 Å². The minimum Gasteiger partial charge on any atom is -0.368 e. The molecule has 1 atom stereocenters. The highest BCUT2D eigenvalue weighted by atomic mass is 35.5. The highest BCUT2D eigenvalue weighted by Crippen LogP contribution is 2.21. The average Bonchev–Trinajstić information content (AvgIpc) is 2.68. The number of nitrogens with two attached hydrogens (primary N) is 1. The highest BCUT2D eigenvalue weighted by molar-refractivity contribution is 6.30. The lowest BCUT2D eigenvalue weighted by Gasteiger charge is -2.18. The van der Waals surface area contributed by atoms with Crippen LogP contribution in [0.25, 0.3) is 0 Å². The fourth-order valence-corrected chi connectivity index (χ4v) is 2.89. The van der Waals surface area contributed by atoms with Crippen molar-refractivity contribution in [1.82, 2.24) is 15.0 Å². The van der Waals surface area contributed by atoms with E-state index in [4.69, 9.17) is 17.3 Å². The number of benzene rings is 2. The normalized spacial score (nSPS) is 11.8. The largest absolute Gasteiger partial charge is 0.368 e. The van der Waals surface area contributed by atoms with Gasteiger partial charge in [0.25, 0.3) is 0 Å². The zero-order valence-electron chi connectivity index (χ0n) is 15.2. The van der Waals surface area contributed by atoms with E-state index in [1.807, 2.05) is 42.5 Å². The lowest BCUT2D eigenvalue weighted by molar-refractivity contribution is 0.737. The molecule has 6 nitrogen and oxygen atoms in total. The van der Waals surface area contributed by atoms with Gasteiger partial charge in [-0.25, -0.2) is 0 Å². The monoisotopic (exact) mass is 382 g/mol. The summed E-state index contributed by atoms with van der Waals surface area (Å²) >= 11 is 5.91. The Kier molecular flexibility index (Phi) is 6.44. The summed E-state index contributed by atoms with van der Waals surface area (Å²) in [6, 6.07) is 18.1. The van der Waals surface area contributed by atoms with E-state index < -0.39 is 0 Å². The molecule has 2 aromatic carbocycles. The molecular formula is C20H23ClN6. The Balaban J connectivity index is 1.64. The Morgan fingerprint density at radius 2 is 1.67 bits per heavy atom. The van der Waals surface area contributed by atoms with E-state index in [2.05, 4.69) is 44.6 Å². The standard InChI is InChI=1S/C20H23ClN6/c1-2-17(15-6-4-3-5-7-15)24-20-26-18(22)25-19(27-20)23-13-12-14-8-10-16(21)11-9-14/h3-11,17H,2,12-13H2,1H3,(H4,22,23,24,25,26,27)/t17-/m0/s1. The number of rotatable bonds is 8. The minimum absolute atomic E-state index is 0.106. The van der Waals surface area contributed by atoms with Crippen molar-refractivity contribution in [2.45, 2.75) is 25.8 Å². The molecular weight excluding hydrogens is 360 g/mol. The molecule has 1 aromatic heterocycles. The van der Waals surface area contributed by atoms with Crippen LogP contribution in [0, 0.1) is 0 Å². The second-order valence-corrected chi connectivity index (χ2v) is 6.60. The van der Waals surface area contributed by atoms with Gasteiger partial charge < -0.3 is 16.4 Å². The fraction of sp³-hybridized carbons (Fsp3) is 0.250. The number of nitrogens with zero attached hydrogens (tertiary/aromatic N) is 3. The third-order valence-corrected chi connectivity index (χ3v) is 4.43. The van der Waals surface area contributed by atoms with Gasteiger partial charge in [-0.3, -0.25) is 0 Å². The van der Waals surface area contributed by atoms with Gasteiger partial charge in [0.15, 0.2) is 0 Å². The van der Waals surface area contributed by atoms with Gasteiger partial charge in [-0.15, -0.1) is 0 Å². The quantitative estimate of drug-likeness (QED) is 0.537. The Labute approximate surface area is 164 Å². The molecule has 0 amide bonds. The van der Waals surface area contributed by atoms with E-state index in [1.165, 1.54) is 11.1 Å². The molecule has 0 saturated heterocycles. The lowest BCUT2D eigenvalue weighted by atomic mass is 10.1. The molecule has 0 radical (unpaired) electrons. The van der Waals surface area contributed by atoms with Gasteiger partial charge >= 0.3 is 0 Å². The van der Waals surface area contributed by atoms with Crippen LogP contribution in [0.5, 0.6) is 0 Å². The number of aromatic nitrogens is 3. The van der Waals surface area contributed by atoms with E-state index in [0.717, 1.165) is 17.9 Å². The van der Waals surface area contributed by atoms with Crippen molar-refractivity contribution in [3.63, 3.8) is 0 Å². The Hall–Kier alpha value is -2.86. The first kappa shape index (κ1) is 18.9. The summed E-state index contributed by atoms with van der Waals surface area (Å²) < 4.78 is 0. The first-order valence-corrected chi connectivity index (χ1v) is 9.33. The van der Waals surface area contributed by atoms with Crippen LogP contribution in [0.3, 0.4) is 0 Å². The summed E-state index contributed by atoms with van der Waals surface area (Å²) in [6.45, 7) is 2.79. The number of hydrogen-bond donors (Lipinski definition) is 3. The van der Waals surface area contributed by atoms with Crippen molar-refractivity contribution in [1.29, 1.82) is 0 Å². The summed E-state index contributed by atoms with van der Waals surface area (Å²) in [5.74, 6) is 1.11. The summed E-state index contributed by atoms with van der Waals surface area (Å²) in [6.07, 6.45) is 1.72. The molecule has 140 valence electrons. The molecule has 3 rings (SSSR count). The zero-order valence-corrected chi connectivity index (χ0v) is 15.9. The predicted molar refractivity (Wildman–Crippen MR) is 111 cm³/mol. The molecule has 4 N–H and O–H groups in total. The average molecular weight is 383 g/mol. The second-order valence-electron chi connectivity index (χ2n) is 6.16. The third kappa shape index (κ3) is 5.56. The van der Waals surface area contributed by atoms with E-state index in [1.54, 1.807) is 0 Å². The Morgan fingerprint density at radius 3 is 2.37 bits per heavy atom. The number of anilines is 3. The maximum absolute atomic E-state index is 5.91. The number of hydrogen-bond acceptors (Lipinski definition) is 6. The molecule has 1 heterocycles. The van der Waals surface area contributed by atoms with E-state index >= 15 is 0 Å². The summed E-state index contributed by atoms with van der Waals surface area (Å²) in [4.78, 5) is 12.8. The lowest BCUT2D eigenvalue weighted by Crippen LogP contribution is -2.16. The zero-order chi connectivity index (χ0) is 19.1. The molecule has 0 bridgehead atoms. The van der Waals surface area contributed by atoms with Gasteiger partial charge in [0.05, 0.1) is 6.04 Å². The predicted octanol–water partition coefficient (Wildman–Crippen LogP) is 4.33. The number of halogens is 1. The highest BCUT2D eigenvalue weighted by Gasteiger charge is 2.12. The minimum atomic E-state index is 0.106. The molecule has 3 aromatic rings. The molecule has 0 aliphatic heterocycles. The molecule has 0 aliphatic carbocycles. The molecule has 0 fully saturated rings. The van der Waals surface area contributed by atoms with Gasteiger partial charge in [0.2, 0.25) is 17.8 Å². The van der Waals surface area contributed by atoms with Crippen molar-refractivity contribution >= 4 is 29.4 Å². The summed E-state index contributed by atoms with van der Waals surface area (Å²) in [7, 11) is 0. The molecule has 27 heavy (non-hydrogen) atoms. The van der Waals surface area contributed by atoms with E-state index in [-0.39, 0.29) is 12.0 Å². The van der Waals surface area contributed by atoms with Crippen LogP contribution >= 0.6 is 11.6 Å². The van der Waals surface area contributed by atoms with Gasteiger partial charge in [0, 0.05) is 11.6 Å². The van der Waals surface area contributed by atoms with Crippen molar-refractivity contribution in [3.8, 4) is 0 Å². The van der Waals surface area contributed by atoms with Gasteiger partial charge in [-0.05, 0) is 36.1 Å². The van der Waals surface area contributed by atoms with Crippen molar-refractivity contribution in [2.24, 2.45) is 0 Å². The van der Waals surface area contributed by atoms with Gasteiger partial charge in [0.1, 0.15) is 0 Å². The van der Waals surface area contributed by atoms with Crippen LogP contribution in [0.4, 0.5) is 17.8 Å². The second kappa shape index (κ2) is 9.19. The topological polar surface area (TPSA) is 88.8 Å². The van der Waals surface area contributed by atoms with Crippen molar-refractivity contribution in [2.75, 3.05) is 22.9 Å². The fourth-order valence-electron chi connectivity index (χ4n) is 2.77. The molecule has 0 unspecified atom stereocenters.